The van der Waals surface area contributed by atoms with E-state index in [0.717, 1.165) is 39.0 Å². The molecule has 1 aliphatic carbocycles. The van der Waals surface area contributed by atoms with Crippen molar-refractivity contribution in [2.75, 3.05) is 5.32 Å². The van der Waals surface area contributed by atoms with Crippen LogP contribution in [0.15, 0.2) is 28.9 Å². The molecular weight excluding hydrogens is 381 g/mol. The van der Waals surface area contributed by atoms with Crippen molar-refractivity contribution in [1.29, 1.82) is 0 Å². The maximum Gasteiger partial charge on any atom is 0.235 e. The van der Waals surface area contributed by atoms with Crippen LogP contribution in [0.5, 0.6) is 0 Å². The lowest BCUT2D eigenvalue weighted by Crippen LogP contribution is -2.03. The predicted molar refractivity (Wildman–Crippen MR) is 85.9 cm³/mol. The molecule has 0 radical (unpaired) electrons. The van der Waals surface area contributed by atoms with E-state index in [1.54, 1.807) is 6.33 Å². The molecule has 2 aromatic heterocycles. The lowest BCUT2D eigenvalue weighted by atomic mass is 10.2. The summed E-state index contributed by atoms with van der Waals surface area (Å²) in [4.78, 5) is 8.57. The van der Waals surface area contributed by atoms with Crippen molar-refractivity contribution in [3.05, 3.63) is 39.9 Å². The number of nitrogens with one attached hydrogen (secondary N) is 1. The Morgan fingerprint density at radius 2 is 2.14 bits per heavy atom. The molecule has 2 heterocycles. The van der Waals surface area contributed by atoms with Crippen LogP contribution in [0.3, 0.4) is 0 Å². The fourth-order valence-corrected chi connectivity index (χ4v) is 2.65. The molecule has 21 heavy (non-hydrogen) atoms. The zero-order valence-corrected chi connectivity index (χ0v) is 13.2. The van der Waals surface area contributed by atoms with E-state index in [1.165, 1.54) is 0 Å². The van der Waals surface area contributed by atoms with E-state index in [1.807, 2.05) is 12.1 Å². The summed E-state index contributed by atoms with van der Waals surface area (Å²) in [5.41, 5.74) is 0.914. The van der Waals surface area contributed by atoms with Crippen LogP contribution in [0.1, 0.15) is 30.5 Å². The van der Waals surface area contributed by atoms with Gasteiger partial charge >= 0.3 is 0 Å². The maximum atomic E-state index is 5.64. The molecule has 0 amide bonds. The highest BCUT2D eigenvalue weighted by molar-refractivity contribution is 14.1. The van der Waals surface area contributed by atoms with Crippen molar-refractivity contribution in [2.24, 2.45) is 0 Å². The van der Waals surface area contributed by atoms with Crippen LogP contribution in [-0.4, -0.2) is 20.2 Å². The Kier molecular flexibility index (Phi) is 3.21. The lowest BCUT2D eigenvalue weighted by molar-refractivity contribution is 0.457. The number of hydrogen-bond acceptors (Lipinski definition) is 6. The first-order valence-electron chi connectivity index (χ1n) is 6.76. The van der Waals surface area contributed by atoms with Crippen molar-refractivity contribution in [1.82, 2.24) is 20.2 Å². The fraction of sp³-hybridized carbons (Fsp3) is 0.286. The van der Waals surface area contributed by atoms with Crippen LogP contribution in [0, 0.1) is 3.57 Å². The van der Waals surface area contributed by atoms with Crippen LogP contribution in [0.25, 0.3) is 10.9 Å². The highest BCUT2D eigenvalue weighted by Gasteiger charge is 2.29. The summed E-state index contributed by atoms with van der Waals surface area (Å²) in [6.45, 7) is 0.470. The summed E-state index contributed by atoms with van der Waals surface area (Å²) < 4.78 is 6.78. The number of fused-ring (bicyclic) bond motifs is 1. The minimum absolute atomic E-state index is 0.470. The second-order valence-electron chi connectivity index (χ2n) is 5.05. The minimum Gasteiger partial charge on any atom is -0.423 e. The summed E-state index contributed by atoms with van der Waals surface area (Å²) in [7, 11) is 0. The van der Waals surface area contributed by atoms with Gasteiger partial charge in [0.05, 0.1) is 12.1 Å². The summed E-state index contributed by atoms with van der Waals surface area (Å²) in [6, 6.07) is 6.07. The van der Waals surface area contributed by atoms with Crippen molar-refractivity contribution < 1.29 is 4.42 Å². The monoisotopic (exact) mass is 393 g/mol. The van der Waals surface area contributed by atoms with Gasteiger partial charge in [-0.2, -0.15) is 0 Å². The zero-order valence-electron chi connectivity index (χ0n) is 11.1. The quantitative estimate of drug-likeness (QED) is 0.687. The number of aromatic nitrogens is 4. The second-order valence-corrected chi connectivity index (χ2v) is 6.29. The third-order valence-electron chi connectivity index (χ3n) is 3.41. The first kappa shape index (κ1) is 12.9. The van der Waals surface area contributed by atoms with Gasteiger partial charge in [-0.3, -0.25) is 0 Å². The Balaban J connectivity index is 1.57. The molecule has 3 aromatic rings. The Morgan fingerprint density at radius 3 is 3.00 bits per heavy atom. The van der Waals surface area contributed by atoms with E-state index in [2.05, 4.69) is 54.1 Å². The zero-order chi connectivity index (χ0) is 14.2. The van der Waals surface area contributed by atoms with Crippen LogP contribution >= 0.6 is 22.6 Å². The van der Waals surface area contributed by atoms with E-state index in [4.69, 9.17) is 4.42 Å². The molecule has 6 nitrogen and oxygen atoms in total. The Labute approximate surface area is 134 Å². The highest BCUT2D eigenvalue weighted by Crippen LogP contribution is 2.39. The number of nitrogens with zero attached hydrogens (tertiary/aromatic N) is 4. The largest absolute Gasteiger partial charge is 0.423 e. The average molecular weight is 393 g/mol. The van der Waals surface area contributed by atoms with Gasteiger partial charge in [0.15, 0.2) is 0 Å². The lowest BCUT2D eigenvalue weighted by Gasteiger charge is -2.06. The number of rotatable bonds is 4. The van der Waals surface area contributed by atoms with Gasteiger partial charge in [0.2, 0.25) is 11.8 Å². The summed E-state index contributed by atoms with van der Waals surface area (Å²) in [5.74, 6) is 2.61. The van der Waals surface area contributed by atoms with E-state index >= 15 is 0 Å². The van der Waals surface area contributed by atoms with E-state index in [9.17, 15) is 0 Å². The van der Waals surface area contributed by atoms with Crippen LogP contribution < -0.4 is 5.32 Å². The van der Waals surface area contributed by atoms with Gasteiger partial charge in [-0.1, -0.05) is 0 Å². The van der Waals surface area contributed by atoms with E-state index in [-0.39, 0.29) is 0 Å². The Hall–Kier alpha value is -1.77. The van der Waals surface area contributed by atoms with Crippen molar-refractivity contribution in [3.63, 3.8) is 0 Å². The molecule has 106 valence electrons. The molecule has 1 aliphatic rings. The molecule has 0 atom stereocenters. The SMILES string of the molecule is Ic1ccc2ncnc(NCc3nnc(C4CC4)o3)c2c1. The van der Waals surface area contributed by atoms with Crippen LogP contribution in [0.2, 0.25) is 0 Å². The number of benzene rings is 1. The number of hydrogen-bond donors (Lipinski definition) is 1. The van der Waals surface area contributed by atoms with Gasteiger partial charge in [-0.05, 0) is 53.6 Å². The maximum absolute atomic E-state index is 5.64. The molecular formula is C14H12IN5O. The van der Waals surface area contributed by atoms with Crippen LogP contribution in [0.4, 0.5) is 5.82 Å². The van der Waals surface area contributed by atoms with Gasteiger partial charge < -0.3 is 9.73 Å². The highest BCUT2D eigenvalue weighted by atomic mass is 127. The number of halogens is 1. The second kappa shape index (κ2) is 5.21. The van der Waals surface area contributed by atoms with Crippen molar-refractivity contribution in [2.45, 2.75) is 25.3 Å². The third kappa shape index (κ3) is 2.69. The molecule has 4 rings (SSSR count). The van der Waals surface area contributed by atoms with Gasteiger partial charge in [-0.15, -0.1) is 10.2 Å². The van der Waals surface area contributed by atoms with Crippen molar-refractivity contribution >= 4 is 39.3 Å². The molecule has 0 saturated heterocycles. The van der Waals surface area contributed by atoms with Gasteiger partial charge in [0.1, 0.15) is 12.1 Å². The minimum atomic E-state index is 0.470. The molecule has 0 aliphatic heterocycles. The first-order chi connectivity index (χ1) is 10.3. The van der Waals surface area contributed by atoms with Crippen LogP contribution in [-0.2, 0) is 6.54 Å². The topological polar surface area (TPSA) is 76.7 Å². The summed E-state index contributed by atoms with van der Waals surface area (Å²) in [6.07, 6.45) is 3.87. The molecule has 1 aromatic carbocycles. The molecule has 1 fully saturated rings. The third-order valence-corrected chi connectivity index (χ3v) is 4.08. The van der Waals surface area contributed by atoms with Crippen molar-refractivity contribution in [3.8, 4) is 0 Å². The first-order valence-corrected chi connectivity index (χ1v) is 7.84. The molecule has 0 bridgehead atoms. The summed E-state index contributed by atoms with van der Waals surface area (Å²) in [5, 5.41) is 12.4. The summed E-state index contributed by atoms with van der Waals surface area (Å²) >= 11 is 2.28. The molecule has 1 saturated carbocycles. The van der Waals surface area contributed by atoms with E-state index in [0.29, 0.717) is 18.4 Å². The molecule has 0 spiro atoms. The predicted octanol–water partition coefficient (Wildman–Crippen LogP) is 3.11. The Bertz CT molecular complexity index is 799. The Morgan fingerprint density at radius 1 is 1.24 bits per heavy atom. The smallest absolute Gasteiger partial charge is 0.235 e. The fourth-order valence-electron chi connectivity index (χ4n) is 2.16. The average Bonchev–Trinajstić information content (AvgIpc) is 3.24. The number of anilines is 1. The molecule has 1 N–H and O–H groups in total. The standard InChI is InChI=1S/C14H12IN5O/c15-9-3-4-11-10(5-9)13(18-7-17-11)16-6-12-19-20-14(21-12)8-1-2-8/h3-5,7-8H,1-2,6H2,(H,16,17,18). The normalized spacial score (nSPS) is 14.5. The van der Waals surface area contributed by atoms with Gasteiger partial charge in [-0.25, -0.2) is 9.97 Å². The molecule has 7 heteroatoms. The van der Waals surface area contributed by atoms with Gasteiger partial charge in [0, 0.05) is 14.9 Å². The molecule has 0 unspecified atom stereocenters. The van der Waals surface area contributed by atoms with E-state index < -0.39 is 0 Å². The van der Waals surface area contributed by atoms with Gasteiger partial charge in [0.25, 0.3) is 0 Å².